The van der Waals surface area contributed by atoms with Gasteiger partial charge in [0.25, 0.3) is 0 Å². The number of pyridine rings is 1. The second-order valence-electron chi connectivity index (χ2n) is 4.77. The fraction of sp³-hybridized carbons (Fsp3) is 0.154. The molecule has 0 radical (unpaired) electrons. The first kappa shape index (κ1) is 15.4. The molecular weight excluding hydrogens is 333 g/mol. The van der Waals surface area contributed by atoms with Crippen LogP contribution in [0.15, 0.2) is 41.9 Å². The predicted molar refractivity (Wildman–Crippen MR) is 74.3 cm³/mol. The molecule has 10 heteroatoms. The Hall–Kier alpha value is -2.49. The molecule has 3 aromatic rings. The molecule has 0 aliphatic heterocycles. The molecule has 0 amide bonds. The van der Waals surface area contributed by atoms with E-state index >= 15 is 0 Å². The van der Waals surface area contributed by atoms with E-state index < -0.39 is 32.4 Å². The summed E-state index contributed by atoms with van der Waals surface area (Å²) in [7, 11) is -3.85. The predicted octanol–water partition coefficient (Wildman–Crippen LogP) is 2.21. The Morgan fingerprint density at radius 2 is 1.91 bits per heavy atom. The highest BCUT2D eigenvalue weighted by molar-refractivity contribution is 7.90. The fourth-order valence-corrected chi connectivity index (χ4v) is 2.58. The summed E-state index contributed by atoms with van der Waals surface area (Å²) in [5.74, 6) is 0. The molecule has 3 aromatic heterocycles. The normalized spacial score (nSPS) is 12.7. The number of hydrogen-bond donors (Lipinski definition) is 0. The van der Waals surface area contributed by atoms with Gasteiger partial charge in [0.05, 0.1) is 17.4 Å². The van der Waals surface area contributed by atoms with Crippen LogP contribution in [-0.4, -0.2) is 34.3 Å². The zero-order chi connectivity index (χ0) is 16.8. The third-order valence-electron chi connectivity index (χ3n) is 3.09. The number of hydrogen-bond acceptors (Lipinski definition) is 5. The first-order chi connectivity index (χ1) is 10.7. The monoisotopic (exact) mass is 342 g/mol. The van der Waals surface area contributed by atoms with Crippen LogP contribution in [0.3, 0.4) is 0 Å². The lowest BCUT2D eigenvalue weighted by molar-refractivity contribution is -0.137. The number of aromatic nitrogens is 4. The van der Waals surface area contributed by atoms with Gasteiger partial charge in [-0.05, 0) is 12.1 Å². The maximum absolute atomic E-state index is 13.2. The summed E-state index contributed by atoms with van der Waals surface area (Å²) in [5.41, 5.74) is -1.20. The first-order valence-electron chi connectivity index (χ1n) is 6.25. The largest absolute Gasteiger partial charge is 0.419 e. The summed E-state index contributed by atoms with van der Waals surface area (Å²) in [6, 6.07) is 4.85. The summed E-state index contributed by atoms with van der Waals surface area (Å²) < 4.78 is 64.1. The minimum absolute atomic E-state index is 0.0743. The van der Waals surface area contributed by atoms with E-state index in [4.69, 9.17) is 0 Å². The Morgan fingerprint density at radius 1 is 1.17 bits per heavy atom. The third-order valence-corrected chi connectivity index (χ3v) is 3.95. The summed E-state index contributed by atoms with van der Waals surface area (Å²) in [6.45, 7) is 0. The summed E-state index contributed by atoms with van der Waals surface area (Å²) in [6.07, 6.45) is -0.654. The molecule has 0 spiro atoms. The number of nitrogens with zero attached hydrogens (tertiary/aromatic N) is 4. The molecule has 0 aliphatic rings. The zero-order valence-corrected chi connectivity index (χ0v) is 12.4. The number of sulfone groups is 1. The minimum Gasteiger partial charge on any atom is -0.240 e. The standard InChI is InChI=1S/C13H9F3N4O2S/c1-23(21,22)12-17-7-9(13(14,15)16)11(19-12)8-6-18-20-5-3-2-4-10(8)20/h2-7H,1H3. The van der Waals surface area contributed by atoms with Crippen molar-refractivity contribution >= 4 is 15.4 Å². The molecule has 120 valence electrons. The van der Waals surface area contributed by atoms with Gasteiger partial charge in [-0.3, -0.25) is 0 Å². The molecule has 23 heavy (non-hydrogen) atoms. The van der Waals surface area contributed by atoms with Crippen LogP contribution in [-0.2, 0) is 16.0 Å². The fourth-order valence-electron chi connectivity index (χ4n) is 2.07. The smallest absolute Gasteiger partial charge is 0.240 e. The van der Waals surface area contributed by atoms with Crippen molar-refractivity contribution in [2.75, 3.05) is 6.26 Å². The van der Waals surface area contributed by atoms with E-state index in [0.717, 1.165) is 6.26 Å². The van der Waals surface area contributed by atoms with Crippen molar-refractivity contribution in [3.05, 3.63) is 42.4 Å². The van der Waals surface area contributed by atoms with Crippen LogP contribution in [0.1, 0.15) is 5.56 Å². The van der Waals surface area contributed by atoms with Crippen LogP contribution in [0.5, 0.6) is 0 Å². The van der Waals surface area contributed by atoms with Crippen LogP contribution in [0, 0.1) is 0 Å². The van der Waals surface area contributed by atoms with Gasteiger partial charge in [-0.2, -0.15) is 18.3 Å². The van der Waals surface area contributed by atoms with E-state index in [1.165, 1.54) is 10.7 Å². The second kappa shape index (κ2) is 5.01. The molecule has 3 rings (SSSR count). The number of halogens is 3. The molecule has 6 nitrogen and oxygen atoms in total. The van der Waals surface area contributed by atoms with Crippen LogP contribution in [0.25, 0.3) is 16.8 Å². The van der Waals surface area contributed by atoms with Gasteiger partial charge in [-0.1, -0.05) is 6.07 Å². The SMILES string of the molecule is CS(=O)(=O)c1ncc(C(F)(F)F)c(-c2cnn3ccccc23)n1. The quantitative estimate of drug-likeness (QED) is 0.667. The van der Waals surface area contributed by atoms with Crippen LogP contribution in [0.4, 0.5) is 13.2 Å². The number of fused-ring (bicyclic) bond motifs is 1. The Bertz CT molecular complexity index is 996. The number of alkyl halides is 3. The van der Waals surface area contributed by atoms with E-state index in [1.807, 2.05) is 0 Å². The van der Waals surface area contributed by atoms with Gasteiger partial charge in [-0.15, -0.1) is 0 Å². The van der Waals surface area contributed by atoms with E-state index in [-0.39, 0.29) is 5.56 Å². The lowest BCUT2D eigenvalue weighted by atomic mass is 10.1. The molecule has 0 saturated heterocycles. The van der Waals surface area contributed by atoms with Gasteiger partial charge in [0.15, 0.2) is 0 Å². The molecule has 0 aromatic carbocycles. The maximum Gasteiger partial charge on any atom is 0.419 e. The average Bonchev–Trinajstić information content (AvgIpc) is 2.88. The summed E-state index contributed by atoms with van der Waals surface area (Å²) >= 11 is 0. The highest BCUT2D eigenvalue weighted by atomic mass is 32.2. The highest BCUT2D eigenvalue weighted by Gasteiger charge is 2.36. The lowest BCUT2D eigenvalue weighted by Crippen LogP contribution is -2.13. The molecule has 0 unspecified atom stereocenters. The Balaban J connectivity index is 2.35. The van der Waals surface area contributed by atoms with Crippen LogP contribution in [0.2, 0.25) is 0 Å². The van der Waals surface area contributed by atoms with Gasteiger partial charge in [0, 0.05) is 24.2 Å². The Labute approximate surface area is 128 Å². The van der Waals surface area contributed by atoms with Crippen LogP contribution >= 0.6 is 0 Å². The first-order valence-corrected chi connectivity index (χ1v) is 8.14. The molecule has 0 fully saturated rings. The third kappa shape index (κ3) is 2.77. The topological polar surface area (TPSA) is 77.2 Å². The lowest BCUT2D eigenvalue weighted by Gasteiger charge is -2.11. The molecule has 3 heterocycles. The molecular formula is C13H9F3N4O2S. The highest BCUT2D eigenvalue weighted by Crippen LogP contribution is 2.37. The second-order valence-corrected chi connectivity index (χ2v) is 6.68. The Morgan fingerprint density at radius 3 is 2.57 bits per heavy atom. The molecule has 0 N–H and O–H groups in total. The maximum atomic E-state index is 13.2. The molecule has 0 bridgehead atoms. The van der Waals surface area contributed by atoms with Crippen molar-refractivity contribution in [3.8, 4) is 11.3 Å². The molecule has 0 atom stereocenters. The molecule has 0 aliphatic carbocycles. The van der Waals surface area contributed by atoms with E-state index in [9.17, 15) is 21.6 Å². The van der Waals surface area contributed by atoms with Gasteiger partial charge in [0.1, 0.15) is 5.56 Å². The summed E-state index contributed by atoms with van der Waals surface area (Å²) in [5, 5.41) is 3.28. The van der Waals surface area contributed by atoms with Gasteiger partial charge >= 0.3 is 6.18 Å². The summed E-state index contributed by atoms with van der Waals surface area (Å²) in [4.78, 5) is 6.95. The van der Waals surface area contributed by atoms with Crippen molar-refractivity contribution < 1.29 is 21.6 Å². The molecule has 0 saturated carbocycles. The van der Waals surface area contributed by atoms with Crippen molar-refractivity contribution in [1.29, 1.82) is 0 Å². The van der Waals surface area contributed by atoms with Gasteiger partial charge in [-0.25, -0.2) is 22.9 Å². The van der Waals surface area contributed by atoms with E-state index in [2.05, 4.69) is 15.1 Å². The minimum atomic E-state index is -4.73. The van der Waals surface area contributed by atoms with E-state index in [1.54, 1.807) is 24.4 Å². The van der Waals surface area contributed by atoms with Gasteiger partial charge in [0.2, 0.25) is 15.0 Å². The van der Waals surface area contributed by atoms with Crippen molar-refractivity contribution in [1.82, 2.24) is 19.6 Å². The van der Waals surface area contributed by atoms with Crippen molar-refractivity contribution in [2.45, 2.75) is 11.3 Å². The van der Waals surface area contributed by atoms with Crippen molar-refractivity contribution in [3.63, 3.8) is 0 Å². The Kier molecular flexibility index (Phi) is 3.36. The van der Waals surface area contributed by atoms with Gasteiger partial charge < -0.3 is 0 Å². The van der Waals surface area contributed by atoms with E-state index in [0.29, 0.717) is 11.7 Å². The van der Waals surface area contributed by atoms with Crippen molar-refractivity contribution in [2.24, 2.45) is 0 Å². The van der Waals surface area contributed by atoms with Crippen LogP contribution < -0.4 is 0 Å². The average molecular weight is 342 g/mol. The number of rotatable bonds is 2. The zero-order valence-electron chi connectivity index (χ0n) is 11.6.